The van der Waals surface area contributed by atoms with Crippen molar-refractivity contribution in [1.82, 2.24) is 5.32 Å². The highest BCUT2D eigenvalue weighted by Gasteiger charge is 2.28. The van der Waals surface area contributed by atoms with Gasteiger partial charge in [0.15, 0.2) is 0 Å². The molecule has 1 aliphatic rings. The summed E-state index contributed by atoms with van der Waals surface area (Å²) in [5, 5.41) is 3.93. The maximum absolute atomic E-state index is 13.9. The van der Waals surface area contributed by atoms with E-state index in [0.29, 0.717) is 5.25 Å². The van der Waals surface area contributed by atoms with Gasteiger partial charge >= 0.3 is 0 Å². The van der Waals surface area contributed by atoms with Gasteiger partial charge in [0.05, 0.1) is 0 Å². The van der Waals surface area contributed by atoms with Crippen molar-refractivity contribution in [2.45, 2.75) is 31.1 Å². The summed E-state index contributed by atoms with van der Waals surface area (Å²) >= 11 is 5.38. The van der Waals surface area contributed by atoms with Gasteiger partial charge in [-0.3, -0.25) is 0 Å². The molecule has 1 aromatic rings. The topological polar surface area (TPSA) is 12.0 Å². The Labute approximate surface area is 115 Å². The van der Waals surface area contributed by atoms with Crippen LogP contribution in [0, 0.1) is 5.82 Å². The van der Waals surface area contributed by atoms with Crippen molar-refractivity contribution in [2.75, 3.05) is 12.3 Å². The molecule has 0 spiro atoms. The molecule has 94 valence electrons. The molecule has 2 unspecified atom stereocenters. The first-order valence-corrected chi connectivity index (χ1v) is 7.86. The van der Waals surface area contributed by atoms with E-state index in [1.54, 1.807) is 12.1 Å². The third kappa shape index (κ3) is 3.24. The van der Waals surface area contributed by atoms with E-state index in [4.69, 9.17) is 0 Å². The lowest BCUT2D eigenvalue weighted by Crippen LogP contribution is -2.29. The number of halogens is 2. The average Bonchev–Trinajstić information content (AvgIpc) is 2.83. The zero-order valence-corrected chi connectivity index (χ0v) is 12.3. The van der Waals surface area contributed by atoms with E-state index in [1.807, 2.05) is 17.8 Å². The van der Waals surface area contributed by atoms with Crippen molar-refractivity contribution in [3.8, 4) is 0 Å². The van der Waals surface area contributed by atoms with Gasteiger partial charge in [0, 0.05) is 21.3 Å². The highest BCUT2D eigenvalue weighted by molar-refractivity contribution is 9.10. The van der Waals surface area contributed by atoms with Crippen molar-refractivity contribution in [3.63, 3.8) is 0 Å². The molecular formula is C13H17BrFNS. The van der Waals surface area contributed by atoms with Crippen molar-refractivity contribution in [2.24, 2.45) is 0 Å². The van der Waals surface area contributed by atoms with Gasteiger partial charge in [0.1, 0.15) is 5.82 Å². The molecule has 1 aromatic carbocycles. The van der Waals surface area contributed by atoms with E-state index in [2.05, 4.69) is 28.2 Å². The molecule has 1 heterocycles. The van der Waals surface area contributed by atoms with Crippen LogP contribution < -0.4 is 5.32 Å². The smallest absolute Gasteiger partial charge is 0.128 e. The van der Waals surface area contributed by atoms with Crippen LogP contribution in [0.5, 0.6) is 0 Å². The second kappa shape index (κ2) is 6.21. The maximum atomic E-state index is 13.9. The van der Waals surface area contributed by atoms with Gasteiger partial charge in [-0.15, -0.1) is 0 Å². The summed E-state index contributed by atoms with van der Waals surface area (Å²) < 4.78 is 14.9. The SMILES string of the molecule is CCNC(c1cc(Br)ccc1F)C1CCCS1. The van der Waals surface area contributed by atoms with Crippen molar-refractivity contribution < 1.29 is 4.39 Å². The van der Waals surface area contributed by atoms with Gasteiger partial charge in [0.25, 0.3) is 0 Å². The fraction of sp³-hybridized carbons (Fsp3) is 0.538. The summed E-state index contributed by atoms with van der Waals surface area (Å²) in [4.78, 5) is 0. The fourth-order valence-electron chi connectivity index (χ4n) is 2.28. The summed E-state index contributed by atoms with van der Waals surface area (Å²) in [6, 6.07) is 5.33. The zero-order chi connectivity index (χ0) is 12.3. The molecule has 2 atom stereocenters. The Balaban J connectivity index is 2.27. The van der Waals surface area contributed by atoms with Crippen molar-refractivity contribution >= 4 is 27.7 Å². The van der Waals surface area contributed by atoms with Crippen LogP contribution in [0.2, 0.25) is 0 Å². The minimum Gasteiger partial charge on any atom is -0.309 e. The largest absolute Gasteiger partial charge is 0.309 e. The van der Waals surface area contributed by atoms with E-state index in [0.717, 1.165) is 16.6 Å². The normalized spacial score (nSPS) is 21.7. The number of hydrogen-bond acceptors (Lipinski definition) is 2. The molecule has 1 aliphatic heterocycles. The molecule has 0 radical (unpaired) electrons. The molecule has 0 aromatic heterocycles. The molecule has 1 saturated heterocycles. The first-order chi connectivity index (χ1) is 8.22. The predicted octanol–water partition coefficient (Wildman–Crippen LogP) is 4.13. The Bertz CT molecular complexity index is 380. The second-order valence-corrected chi connectivity index (χ2v) is 6.52. The monoisotopic (exact) mass is 317 g/mol. The Morgan fingerprint density at radius 2 is 2.41 bits per heavy atom. The summed E-state index contributed by atoms with van der Waals surface area (Å²) in [5.41, 5.74) is 0.792. The van der Waals surface area contributed by atoms with Gasteiger partial charge in [0.2, 0.25) is 0 Å². The van der Waals surface area contributed by atoms with E-state index < -0.39 is 0 Å². The number of thioether (sulfide) groups is 1. The quantitative estimate of drug-likeness (QED) is 0.896. The standard InChI is InChI=1S/C13H17BrFNS/c1-2-16-13(12-4-3-7-17-12)10-8-9(14)5-6-11(10)15/h5-6,8,12-13,16H,2-4,7H2,1H3. The lowest BCUT2D eigenvalue weighted by atomic mass is 10.00. The lowest BCUT2D eigenvalue weighted by molar-refractivity contribution is 0.489. The molecule has 1 nitrogen and oxygen atoms in total. The summed E-state index contributed by atoms with van der Waals surface area (Å²) in [6.07, 6.45) is 2.42. The molecule has 0 amide bonds. The Morgan fingerprint density at radius 3 is 3.06 bits per heavy atom. The van der Waals surface area contributed by atoms with Crippen LogP contribution in [-0.2, 0) is 0 Å². The first-order valence-electron chi connectivity index (χ1n) is 6.02. The summed E-state index contributed by atoms with van der Waals surface area (Å²) in [5.74, 6) is 1.09. The van der Waals surface area contributed by atoms with Crippen LogP contribution in [0.3, 0.4) is 0 Å². The summed E-state index contributed by atoms with van der Waals surface area (Å²) in [7, 11) is 0. The molecule has 4 heteroatoms. The van der Waals surface area contributed by atoms with Crippen LogP contribution in [-0.4, -0.2) is 17.5 Å². The molecule has 1 N–H and O–H groups in total. The molecular weight excluding hydrogens is 301 g/mol. The summed E-state index contributed by atoms with van der Waals surface area (Å²) in [6.45, 7) is 2.94. The van der Waals surface area contributed by atoms with Crippen molar-refractivity contribution in [1.29, 1.82) is 0 Å². The highest BCUT2D eigenvalue weighted by Crippen LogP contribution is 2.37. The van der Waals surface area contributed by atoms with Crippen LogP contribution >= 0.6 is 27.7 Å². The van der Waals surface area contributed by atoms with Crippen LogP contribution in [0.25, 0.3) is 0 Å². The molecule has 17 heavy (non-hydrogen) atoms. The zero-order valence-electron chi connectivity index (χ0n) is 9.88. The number of benzene rings is 1. The van der Waals surface area contributed by atoms with Gasteiger partial charge in [-0.05, 0) is 43.3 Å². The van der Waals surface area contributed by atoms with Crippen LogP contribution in [0.1, 0.15) is 31.4 Å². The lowest BCUT2D eigenvalue weighted by Gasteiger charge is -2.24. The van der Waals surface area contributed by atoms with Gasteiger partial charge < -0.3 is 5.32 Å². The maximum Gasteiger partial charge on any atom is 0.128 e. The van der Waals surface area contributed by atoms with Gasteiger partial charge in [-0.25, -0.2) is 4.39 Å². The van der Waals surface area contributed by atoms with E-state index in [-0.39, 0.29) is 11.9 Å². The molecule has 0 bridgehead atoms. The molecule has 0 saturated carbocycles. The van der Waals surface area contributed by atoms with Crippen LogP contribution in [0.4, 0.5) is 4.39 Å². The third-order valence-corrected chi connectivity index (χ3v) is 5.01. The first kappa shape index (κ1) is 13.4. The van der Waals surface area contributed by atoms with Gasteiger partial charge in [-0.1, -0.05) is 22.9 Å². The average molecular weight is 318 g/mol. The van der Waals surface area contributed by atoms with E-state index in [9.17, 15) is 4.39 Å². The number of hydrogen-bond donors (Lipinski definition) is 1. The molecule has 1 fully saturated rings. The molecule has 0 aliphatic carbocycles. The van der Waals surface area contributed by atoms with E-state index >= 15 is 0 Å². The highest BCUT2D eigenvalue weighted by atomic mass is 79.9. The molecule has 2 rings (SSSR count). The third-order valence-electron chi connectivity index (χ3n) is 3.05. The predicted molar refractivity (Wildman–Crippen MR) is 76.0 cm³/mol. The second-order valence-electron chi connectivity index (χ2n) is 4.25. The Hall–Kier alpha value is -0.0600. The minimum atomic E-state index is -0.105. The van der Waals surface area contributed by atoms with Crippen LogP contribution in [0.15, 0.2) is 22.7 Å². The Morgan fingerprint density at radius 1 is 1.59 bits per heavy atom. The number of rotatable bonds is 4. The Kier molecular flexibility index (Phi) is 4.88. The van der Waals surface area contributed by atoms with Gasteiger partial charge in [-0.2, -0.15) is 11.8 Å². The van der Waals surface area contributed by atoms with Crippen molar-refractivity contribution in [3.05, 3.63) is 34.1 Å². The minimum absolute atomic E-state index is 0.105. The fourth-order valence-corrected chi connectivity index (χ4v) is 4.06. The number of nitrogens with one attached hydrogen (secondary N) is 1. The van der Waals surface area contributed by atoms with E-state index in [1.165, 1.54) is 18.6 Å².